The van der Waals surface area contributed by atoms with E-state index in [1.165, 1.54) is 34.6 Å². The van der Waals surface area contributed by atoms with Gasteiger partial charge in [-0.05, 0) is 47.5 Å². The molecule has 7 atom stereocenters. The summed E-state index contributed by atoms with van der Waals surface area (Å²) in [5.41, 5.74) is -14.8. The molecule has 1 saturated heterocycles. The molecule has 0 aromatic heterocycles. The fourth-order valence-corrected chi connectivity index (χ4v) is 7.87. The second-order valence-electron chi connectivity index (χ2n) is 12.0. The lowest BCUT2D eigenvalue weighted by molar-refractivity contribution is -0.295. The molecule has 0 aromatic rings. The number of aliphatic hydroxyl groups is 2. The van der Waals surface area contributed by atoms with Crippen molar-refractivity contribution in [1.82, 2.24) is 0 Å². The Labute approximate surface area is 208 Å². The summed E-state index contributed by atoms with van der Waals surface area (Å²) in [5, 5.41) is 24.4. The molecular weight excluding hydrogens is 472 g/mol. The van der Waals surface area contributed by atoms with Crippen LogP contribution < -0.4 is 0 Å². The summed E-state index contributed by atoms with van der Waals surface area (Å²) in [6.07, 6.45) is -0.699. The van der Waals surface area contributed by atoms with E-state index in [9.17, 15) is 39.0 Å². The normalized spacial score (nSPS) is 48.0. The second kappa shape index (κ2) is 6.77. The van der Waals surface area contributed by atoms with Crippen molar-refractivity contribution >= 4 is 35.1 Å². The second-order valence-corrected chi connectivity index (χ2v) is 12.0. The van der Waals surface area contributed by atoms with Gasteiger partial charge in [0, 0.05) is 11.8 Å². The van der Waals surface area contributed by atoms with Gasteiger partial charge in [0.25, 0.3) is 5.60 Å². The van der Waals surface area contributed by atoms with Gasteiger partial charge in [0.2, 0.25) is 11.6 Å². The number of ketones is 4. The van der Waals surface area contributed by atoms with E-state index >= 15 is 0 Å². The minimum absolute atomic E-state index is 0.0321. The largest absolute Gasteiger partial charge is 0.466 e. The van der Waals surface area contributed by atoms with Gasteiger partial charge in [-0.3, -0.25) is 24.0 Å². The Bertz CT molecular complexity index is 1200. The van der Waals surface area contributed by atoms with Crippen molar-refractivity contribution in [1.29, 1.82) is 0 Å². The molecule has 1 heterocycles. The zero-order chi connectivity index (χ0) is 27.7. The molecule has 2 N–H and O–H groups in total. The van der Waals surface area contributed by atoms with Gasteiger partial charge >= 0.3 is 11.9 Å². The molecule has 0 radical (unpaired) electrons. The third-order valence-corrected chi connectivity index (χ3v) is 10.4. The van der Waals surface area contributed by atoms with Crippen LogP contribution in [0.2, 0.25) is 0 Å². The maximum atomic E-state index is 14.0. The van der Waals surface area contributed by atoms with Gasteiger partial charge in [-0.25, -0.2) is 4.79 Å². The molecule has 3 aliphatic carbocycles. The highest BCUT2D eigenvalue weighted by atomic mass is 16.6. The van der Waals surface area contributed by atoms with E-state index in [0.29, 0.717) is 0 Å². The predicted molar refractivity (Wildman–Crippen MR) is 121 cm³/mol. The lowest BCUT2D eigenvalue weighted by Crippen LogP contribution is -2.86. The van der Waals surface area contributed by atoms with Crippen LogP contribution in [0.15, 0.2) is 12.2 Å². The van der Waals surface area contributed by atoms with Crippen LogP contribution in [0.3, 0.4) is 0 Å². The predicted octanol–water partition coefficient (Wildman–Crippen LogP) is 0.642. The van der Waals surface area contributed by atoms with E-state index in [1.54, 1.807) is 0 Å². The molecule has 4 rings (SSSR count). The highest BCUT2D eigenvalue weighted by Crippen LogP contribution is 2.73. The first-order valence-electron chi connectivity index (χ1n) is 11.8. The number of ether oxygens (including phenoxy) is 2. The number of hydrogen-bond acceptors (Lipinski definition) is 10. The highest BCUT2D eigenvalue weighted by Gasteiger charge is 2.87. The third kappa shape index (κ3) is 2.23. The maximum Gasteiger partial charge on any atom is 0.358 e. The number of cyclic esters (lactones) is 1. The zero-order valence-corrected chi connectivity index (χ0v) is 21.6. The number of methoxy groups -OCH3 is 1. The van der Waals surface area contributed by atoms with Gasteiger partial charge < -0.3 is 19.7 Å². The minimum Gasteiger partial charge on any atom is -0.466 e. The molecule has 0 bridgehead atoms. The monoisotopic (exact) mass is 504 g/mol. The molecule has 36 heavy (non-hydrogen) atoms. The number of carbonyl (C=O) groups excluding carboxylic acids is 6. The number of rotatable bonds is 1. The van der Waals surface area contributed by atoms with E-state index in [0.717, 1.165) is 14.0 Å². The van der Waals surface area contributed by atoms with Crippen molar-refractivity contribution in [2.24, 2.45) is 27.6 Å². The quantitative estimate of drug-likeness (QED) is 0.224. The van der Waals surface area contributed by atoms with Gasteiger partial charge in [-0.2, -0.15) is 0 Å². The van der Waals surface area contributed by atoms with Crippen molar-refractivity contribution in [2.75, 3.05) is 7.11 Å². The molecule has 4 fully saturated rings. The highest BCUT2D eigenvalue weighted by molar-refractivity contribution is 6.45. The smallest absolute Gasteiger partial charge is 0.358 e. The standard InChI is InChI=1S/C26H32O10/c1-12-11-25(33)21(4)10-9-13(27)20(2,3)26(21,34)16(29)15(28)23(25,6)14-17(30)36-24(7,19(32)35-8)18(31)22(12,14)5/h14,33-34H,1,9-11H2,2-8H3. The molecular formula is C26H32O10. The SMILES string of the molecule is C=C1CC2(O)C(C)(C(=O)C(=O)C3(O)C(C)(C)C(=O)CCC23C)C2C(=O)OC(C)(C(=O)OC)C(=O)C12C. The first kappa shape index (κ1) is 26.3. The van der Waals surface area contributed by atoms with Gasteiger partial charge in [-0.1, -0.05) is 19.1 Å². The van der Waals surface area contributed by atoms with Crippen molar-refractivity contribution in [3.05, 3.63) is 12.2 Å². The van der Waals surface area contributed by atoms with Gasteiger partial charge in [-0.15, -0.1) is 0 Å². The summed E-state index contributed by atoms with van der Waals surface area (Å²) in [5.74, 6) is -7.97. The van der Waals surface area contributed by atoms with Gasteiger partial charge in [0.05, 0.1) is 34.9 Å². The van der Waals surface area contributed by atoms with Crippen LogP contribution in [0.4, 0.5) is 0 Å². The molecule has 4 aliphatic rings. The van der Waals surface area contributed by atoms with Crippen LogP contribution in [0.1, 0.15) is 60.8 Å². The molecule has 1 aliphatic heterocycles. The van der Waals surface area contributed by atoms with Crippen LogP contribution in [-0.4, -0.2) is 69.2 Å². The Balaban J connectivity index is 2.04. The molecule has 0 amide bonds. The number of esters is 2. The number of Topliss-reactive ketones (excluding diaryl/α,β-unsaturated/α-hetero) is 4. The van der Waals surface area contributed by atoms with E-state index in [1.807, 2.05) is 0 Å². The molecule has 10 nitrogen and oxygen atoms in total. The summed E-state index contributed by atoms with van der Waals surface area (Å²) in [6, 6.07) is 0. The first-order valence-corrected chi connectivity index (χ1v) is 11.8. The van der Waals surface area contributed by atoms with Crippen LogP contribution in [-0.2, 0) is 38.2 Å². The van der Waals surface area contributed by atoms with Crippen molar-refractivity contribution < 1.29 is 48.5 Å². The van der Waals surface area contributed by atoms with Gasteiger partial charge in [0.15, 0.2) is 11.4 Å². The molecule has 3 saturated carbocycles. The summed E-state index contributed by atoms with van der Waals surface area (Å²) in [4.78, 5) is 80.5. The Morgan fingerprint density at radius 1 is 1.00 bits per heavy atom. The number of carbonyl (C=O) groups is 6. The van der Waals surface area contributed by atoms with Crippen LogP contribution >= 0.6 is 0 Å². The summed E-state index contributed by atoms with van der Waals surface area (Å²) < 4.78 is 10.0. The van der Waals surface area contributed by atoms with E-state index in [4.69, 9.17) is 9.47 Å². The molecule has 196 valence electrons. The summed E-state index contributed by atoms with van der Waals surface area (Å²) >= 11 is 0. The maximum absolute atomic E-state index is 14.0. The van der Waals surface area contributed by atoms with Crippen molar-refractivity contribution in [3.63, 3.8) is 0 Å². The average molecular weight is 505 g/mol. The van der Waals surface area contributed by atoms with E-state index < -0.39 is 85.9 Å². The average Bonchev–Trinajstić information content (AvgIpc) is 2.80. The lowest BCUT2D eigenvalue weighted by Gasteiger charge is -2.72. The first-order chi connectivity index (χ1) is 16.2. The number of hydrogen-bond donors (Lipinski definition) is 2. The molecule has 7 unspecified atom stereocenters. The van der Waals surface area contributed by atoms with E-state index in [2.05, 4.69) is 6.58 Å². The Morgan fingerprint density at radius 2 is 1.56 bits per heavy atom. The van der Waals surface area contributed by atoms with Crippen LogP contribution in [0, 0.1) is 27.6 Å². The molecule has 0 spiro atoms. The lowest BCUT2D eigenvalue weighted by atomic mass is 9.31. The Morgan fingerprint density at radius 3 is 2.08 bits per heavy atom. The summed E-state index contributed by atoms with van der Waals surface area (Å²) in [6.45, 7) is 11.7. The zero-order valence-electron chi connectivity index (χ0n) is 21.6. The summed E-state index contributed by atoms with van der Waals surface area (Å²) in [7, 11) is 1.02. The van der Waals surface area contributed by atoms with Gasteiger partial charge in [0.1, 0.15) is 5.78 Å². The van der Waals surface area contributed by atoms with Crippen LogP contribution in [0.25, 0.3) is 0 Å². The fourth-order valence-electron chi connectivity index (χ4n) is 7.87. The van der Waals surface area contributed by atoms with E-state index in [-0.39, 0.29) is 18.4 Å². The molecule has 10 heteroatoms. The number of fused-ring (bicyclic) bond motifs is 5. The minimum atomic E-state index is -2.59. The fraction of sp³-hybridized carbons (Fsp3) is 0.692. The van der Waals surface area contributed by atoms with Crippen molar-refractivity contribution in [3.8, 4) is 0 Å². The van der Waals surface area contributed by atoms with Crippen LogP contribution in [0.5, 0.6) is 0 Å². The molecule has 0 aromatic carbocycles. The topological polar surface area (TPSA) is 161 Å². The van der Waals surface area contributed by atoms with Crippen molar-refractivity contribution in [2.45, 2.75) is 77.6 Å². The Hall–Kier alpha value is -2.72. The third-order valence-electron chi connectivity index (χ3n) is 10.4. The Kier molecular flexibility index (Phi) is 4.96.